The Kier molecular flexibility index (Phi) is 8.04. The zero-order valence-electron chi connectivity index (χ0n) is 14.2. The van der Waals surface area contributed by atoms with Crippen molar-refractivity contribution in [2.45, 2.75) is 0 Å². The van der Waals surface area contributed by atoms with Crippen LogP contribution in [0, 0.1) is 20.2 Å². The van der Waals surface area contributed by atoms with E-state index < -0.39 is 9.85 Å². The average Bonchev–Trinajstić information content (AvgIpc) is 2.67. The first-order valence-electron chi connectivity index (χ1n) is 7.64. The zero-order valence-corrected chi connectivity index (χ0v) is 17.2. The molecular formula is C18H10Cl4N2O5. The molecule has 0 aliphatic heterocycles. The van der Waals surface area contributed by atoms with E-state index in [1.54, 1.807) is 24.3 Å². The highest BCUT2D eigenvalue weighted by Gasteiger charge is 2.11. The number of hydrogen-bond donors (Lipinski definition) is 0. The molecule has 3 aromatic rings. The molecular weight excluding hydrogens is 466 g/mol. The summed E-state index contributed by atoms with van der Waals surface area (Å²) in [6.07, 6.45) is 0. The van der Waals surface area contributed by atoms with Crippen molar-refractivity contribution in [3.63, 3.8) is 0 Å². The van der Waals surface area contributed by atoms with Crippen LogP contribution in [0.2, 0.25) is 20.1 Å². The molecule has 7 nitrogen and oxygen atoms in total. The second-order valence-electron chi connectivity index (χ2n) is 5.28. The van der Waals surface area contributed by atoms with Gasteiger partial charge in [-0.15, -0.1) is 0 Å². The molecule has 11 heteroatoms. The second kappa shape index (κ2) is 10.3. The summed E-state index contributed by atoms with van der Waals surface area (Å²) in [5, 5.41) is 22.0. The van der Waals surface area contributed by atoms with Crippen LogP contribution in [0.4, 0.5) is 11.4 Å². The van der Waals surface area contributed by atoms with Crippen LogP contribution in [0.25, 0.3) is 0 Å². The molecule has 0 N–H and O–H groups in total. The Morgan fingerprint density at radius 1 is 0.655 bits per heavy atom. The summed E-state index contributed by atoms with van der Waals surface area (Å²) < 4.78 is 5.49. The van der Waals surface area contributed by atoms with Crippen molar-refractivity contribution in [1.82, 2.24) is 0 Å². The summed E-state index contributed by atoms with van der Waals surface area (Å²) >= 11 is 22.7. The second-order valence-corrected chi connectivity index (χ2v) is 6.94. The molecule has 0 atom stereocenters. The van der Waals surface area contributed by atoms with E-state index in [2.05, 4.69) is 0 Å². The van der Waals surface area contributed by atoms with E-state index in [-0.39, 0.29) is 21.4 Å². The maximum atomic E-state index is 10.6. The SMILES string of the molecule is O=[N+]([O-])c1ccc(Cl)c(Cl)c1.O=[N+]([O-])c1ccc(Oc2ccc(Cl)cc2)c(Cl)c1. The van der Waals surface area contributed by atoms with Gasteiger partial charge in [-0.3, -0.25) is 20.2 Å². The molecule has 3 rings (SSSR count). The number of nitro groups is 2. The van der Waals surface area contributed by atoms with Crippen LogP contribution in [-0.2, 0) is 0 Å². The van der Waals surface area contributed by atoms with Crippen molar-refractivity contribution in [2.24, 2.45) is 0 Å². The van der Waals surface area contributed by atoms with Crippen molar-refractivity contribution >= 4 is 57.8 Å². The number of benzene rings is 3. The van der Waals surface area contributed by atoms with Crippen LogP contribution in [-0.4, -0.2) is 9.85 Å². The Hall–Kier alpha value is -2.58. The van der Waals surface area contributed by atoms with Gasteiger partial charge in [-0.25, -0.2) is 0 Å². The fourth-order valence-electron chi connectivity index (χ4n) is 1.91. The van der Waals surface area contributed by atoms with Gasteiger partial charge >= 0.3 is 0 Å². The highest BCUT2D eigenvalue weighted by Crippen LogP contribution is 2.32. The van der Waals surface area contributed by atoms with Crippen LogP contribution in [0.15, 0.2) is 60.7 Å². The molecule has 0 saturated carbocycles. The first kappa shape index (κ1) is 22.7. The van der Waals surface area contributed by atoms with E-state index >= 15 is 0 Å². The molecule has 3 aromatic carbocycles. The fourth-order valence-corrected chi connectivity index (χ4v) is 2.55. The summed E-state index contributed by atoms with van der Waals surface area (Å²) in [6.45, 7) is 0. The highest BCUT2D eigenvalue weighted by molar-refractivity contribution is 6.42. The molecule has 0 amide bonds. The number of hydrogen-bond acceptors (Lipinski definition) is 5. The third-order valence-corrected chi connectivity index (χ3v) is 4.57. The Labute approximate surface area is 184 Å². The lowest BCUT2D eigenvalue weighted by Gasteiger charge is -2.07. The molecule has 0 fully saturated rings. The molecule has 0 bridgehead atoms. The van der Waals surface area contributed by atoms with Gasteiger partial charge in [-0.05, 0) is 36.4 Å². The number of rotatable bonds is 4. The first-order chi connectivity index (χ1) is 13.7. The van der Waals surface area contributed by atoms with E-state index in [9.17, 15) is 20.2 Å². The minimum Gasteiger partial charge on any atom is -0.456 e. The minimum absolute atomic E-state index is 0.0561. The monoisotopic (exact) mass is 474 g/mol. The summed E-state index contributed by atoms with van der Waals surface area (Å²) in [7, 11) is 0. The van der Waals surface area contributed by atoms with Crippen LogP contribution < -0.4 is 4.74 Å². The van der Waals surface area contributed by atoms with Crippen molar-refractivity contribution < 1.29 is 14.6 Å². The predicted molar refractivity (Wildman–Crippen MR) is 113 cm³/mol. The molecule has 0 spiro atoms. The third kappa shape index (κ3) is 6.76. The normalized spacial score (nSPS) is 9.93. The van der Waals surface area contributed by atoms with E-state index in [0.29, 0.717) is 21.5 Å². The lowest BCUT2D eigenvalue weighted by Crippen LogP contribution is -1.89. The molecule has 0 heterocycles. The quantitative estimate of drug-likeness (QED) is 0.286. The van der Waals surface area contributed by atoms with Crippen molar-refractivity contribution in [3.05, 3.63) is 101 Å². The van der Waals surface area contributed by atoms with Gasteiger partial charge < -0.3 is 4.74 Å². The molecule has 0 aliphatic rings. The molecule has 0 aromatic heterocycles. The maximum Gasteiger partial charge on any atom is 0.271 e. The number of nitro benzene ring substituents is 2. The lowest BCUT2D eigenvalue weighted by molar-refractivity contribution is -0.385. The topological polar surface area (TPSA) is 95.5 Å². The average molecular weight is 476 g/mol. The first-order valence-corrected chi connectivity index (χ1v) is 9.15. The van der Waals surface area contributed by atoms with E-state index in [1.165, 1.54) is 36.4 Å². The number of halogens is 4. The molecule has 0 saturated heterocycles. The summed E-state index contributed by atoms with van der Waals surface area (Å²) in [5.74, 6) is 0.903. The van der Waals surface area contributed by atoms with Crippen molar-refractivity contribution in [2.75, 3.05) is 0 Å². The zero-order chi connectivity index (χ0) is 21.6. The molecule has 0 unspecified atom stereocenters. The number of ether oxygens (including phenoxy) is 1. The summed E-state index contributed by atoms with van der Waals surface area (Å²) in [5.41, 5.74) is -0.136. The summed E-state index contributed by atoms with van der Waals surface area (Å²) in [4.78, 5) is 19.7. The molecule has 0 aliphatic carbocycles. The van der Waals surface area contributed by atoms with Gasteiger partial charge in [0.25, 0.3) is 11.4 Å². The highest BCUT2D eigenvalue weighted by atomic mass is 35.5. The molecule has 150 valence electrons. The van der Waals surface area contributed by atoms with E-state index in [4.69, 9.17) is 51.1 Å². The van der Waals surface area contributed by atoms with Gasteiger partial charge in [-0.2, -0.15) is 0 Å². The number of non-ortho nitro benzene ring substituents is 2. The van der Waals surface area contributed by atoms with Crippen molar-refractivity contribution in [1.29, 1.82) is 0 Å². The fraction of sp³-hybridized carbons (Fsp3) is 0. The van der Waals surface area contributed by atoms with Gasteiger partial charge in [-0.1, -0.05) is 46.4 Å². The maximum absolute atomic E-state index is 10.6. The third-order valence-electron chi connectivity index (χ3n) is 3.28. The van der Waals surface area contributed by atoms with Crippen molar-refractivity contribution in [3.8, 4) is 11.5 Å². The smallest absolute Gasteiger partial charge is 0.271 e. The van der Waals surface area contributed by atoms with Crippen LogP contribution in [0.3, 0.4) is 0 Å². The van der Waals surface area contributed by atoms with Gasteiger partial charge in [0.2, 0.25) is 0 Å². The Morgan fingerprint density at radius 3 is 1.66 bits per heavy atom. The predicted octanol–water partition coefficient (Wildman–Crippen LogP) is 7.60. The minimum atomic E-state index is -0.526. The standard InChI is InChI=1S/C12H7Cl2NO3.C6H3Cl2NO2/c13-8-1-4-10(5-2-8)18-12-6-3-9(15(16)17)7-11(12)14;7-5-2-1-4(9(10)11)3-6(5)8/h1-7H;1-3H. The van der Waals surface area contributed by atoms with Crippen LogP contribution in [0.1, 0.15) is 0 Å². The van der Waals surface area contributed by atoms with Crippen LogP contribution in [0.5, 0.6) is 11.5 Å². The van der Waals surface area contributed by atoms with E-state index in [0.717, 1.165) is 0 Å². The lowest BCUT2D eigenvalue weighted by atomic mass is 10.3. The Morgan fingerprint density at radius 2 is 1.17 bits per heavy atom. The van der Waals surface area contributed by atoms with E-state index in [1.807, 2.05) is 0 Å². The van der Waals surface area contributed by atoms with Gasteiger partial charge in [0.05, 0.1) is 24.9 Å². The molecule has 29 heavy (non-hydrogen) atoms. The van der Waals surface area contributed by atoms with Gasteiger partial charge in [0, 0.05) is 29.3 Å². The largest absolute Gasteiger partial charge is 0.456 e. The Bertz CT molecular complexity index is 1040. The molecule has 0 radical (unpaired) electrons. The van der Waals surface area contributed by atoms with Gasteiger partial charge in [0.15, 0.2) is 0 Å². The Balaban J connectivity index is 0.000000234. The number of nitrogens with zero attached hydrogens (tertiary/aromatic N) is 2. The summed E-state index contributed by atoms with van der Waals surface area (Å²) in [6, 6.07) is 14.6. The van der Waals surface area contributed by atoms with Gasteiger partial charge in [0.1, 0.15) is 11.5 Å². The van der Waals surface area contributed by atoms with Crippen LogP contribution >= 0.6 is 46.4 Å².